The van der Waals surface area contributed by atoms with Crippen LogP contribution in [0.1, 0.15) is 65.2 Å². The summed E-state index contributed by atoms with van der Waals surface area (Å²) in [7, 11) is 0. The number of nitrogens with one attached hydrogen (secondary N) is 1. The van der Waals surface area contributed by atoms with Gasteiger partial charge in [-0.15, -0.1) is 0 Å². The van der Waals surface area contributed by atoms with Crippen LogP contribution in [-0.4, -0.2) is 12.1 Å². The Balaban J connectivity index is 1.74. The van der Waals surface area contributed by atoms with Gasteiger partial charge in [0, 0.05) is 5.54 Å². The highest BCUT2D eigenvalue weighted by Crippen LogP contribution is 2.34. The van der Waals surface area contributed by atoms with Crippen LogP contribution in [0.5, 0.6) is 0 Å². The molecule has 0 aromatic heterocycles. The fourth-order valence-electron chi connectivity index (χ4n) is 1.66. The monoisotopic (exact) mass is 183 g/mol. The summed E-state index contributed by atoms with van der Waals surface area (Å²) < 4.78 is 0. The zero-order valence-electron chi connectivity index (χ0n) is 9.36. The minimum absolute atomic E-state index is 0.545. The molecule has 1 rings (SSSR count). The van der Waals surface area contributed by atoms with Crippen molar-refractivity contribution in [3.8, 4) is 0 Å². The topological polar surface area (TPSA) is 12.0 Å². The van der Waals surface area contributed by atoms with Gasteiger partial charge in [0.15, 0.2) is 0 Å². The third-order valence-corrected chi connectivity index (χ3v) is 3.08. The lowest BCUT2D eigenvalue weighted by molar-refractivity contribution is 0.504. The van der Waals surface area contributed by atoms with E-state index in [1.54, 1.807) is 0 Å². The van der Waals surface area contributed by atoms with Crippen LogP contribution in [-0.2, 0) is 0 Å². The van der Waals surface area contributed by atoms with E-state index in [9.17, 15) is 0 Å². The standard InChI is InChI=1S/C12H25N/c1-3-4-5-6-7-8-11-13-12(2)9-10-12/h13H,3-11H2,1-2H3. The Morgan fingerprint density at radius 1 is 1.00 bits per heavy atom. The van der Waals surface area contributed by atoms with Gasteiger partial charge in [0.2, 0.25) is 0 Å². The smallest absolute Gasteiger partial charge is 0.0154 e. The molecule has 1 nitrogen and oxygen atoms in total. The number of hydrogen-bond acceptors (Lipinski definition) is 1. The minimum Gasteiger partial charge on any atom is -0.312 e. The predicted molar refractivity (Wildman–Crippen MR) is 59.0 cm³/mol. The molecule has 0 aromatic carbocycles. The molecule has 1 aliphatic rings. The maximum absolute atomic E-state index is 3.62. The van der Waals surface area contributed by atoms with Gasteiger partial charge in [-0.3, -0.25) is 0 Å². The molecule has 0 spiro atoms. The Kier molecular flexibility index (Phi) is 4.79. The lowest BCUT2D eigenvalue weighted by Crippen LogP contribution is -2.28. The molecule has 0 unspecified atom stereocenters. The van der Waals surface area contributed by atoms with Gasteiger partial charge < -0.3 is 5.32 Å². The van der Waals surface area contributed by atoms with Crippen molar-refractivity contribution in [2.45, 2.75) is 70.8 Å². The van der Waals surface area contributed by atoms with Crippen LogP contribution < -0.4 is 5.32 Å². The largest absolute Gasteiger partial charge is 0.312 e. The van der Waals surface area contributed by atoms with E-state index in [-0.39, 0.29) is 0 Å². The lowest BCUT2D eigenvalue weighted by Gasteiger charge is -2.10. The molecule has 1 N–H and O–H groups in total. The highest BCUT2D eigenvalue weighted by Gasteiger charge is 2.35. The van der Waals surface area contributed by atoms with Crippen molar-refractivity contribution < 1.29 is 0 Å². The predicted octanol–water partition coefficient (Wildman–Crippen LogP) is 3.49. The van der Waals surface area contributed by atoms with Gasteiger partial charge in [-0.1, -0.05) is 39.0 Å². The van der Waals surface area contributed by atoms with Crippen LogP contribution in [0.25, 0.3) is 0 Å². The van der Waals surface area contributed by atoms with E-state index in [4.69, 9.17) is 0 Å². The fourth-order valence-corrected chi connectivity index (χ4v) is 1.66. The van der Waals surface area contributed by atoms with Crippen molar-refractivity contribution in [2.75, 3.05) is 6.54 Å². The van der Waals surface area contributed by atoms with Gasteiger partial charge in [-0.2, -0.15) is 0 Å². The summed E-state index contributed by atoms with van der Waals surface area (Å²) in [6.07, 6.45) is 11.2. The molecular weight excluding hydrogens is 158 g/mol. The first-order valence-corrected chi connectivity index (χ1v) is 6.02. The van der Waals surface area contributed by atoms with E-state index in [2.05, 4.69) is 19.2 Å². The van der Waals surface area contributed by atoms with E-state index < -0.39 is 0 Å². The van der Waals surface area contributed by atoms with E-state index in [0.717, 1.165) is 0 Å². The molecular formula is C12H25N. The molecule has 0 heterocycles. The Morgan fingerprint density at radius 2 is 1.62 bits per heavy atom. The highest BCUT2D eigenvalue weighted by molar-refractivity contribution is 4.97. The molecule has 0 bridgehead atoms. The van der Waals surface area contributed by atoms with Crippen LogP contribution in [0.2, 0.25) is 0 Å². The van der Waals surface area contributed by atoms with Crippen LogP contribution in [0.15, 0.2) is 0 Å². The highest BCUT2D eigenvalue weighted by atomic mass is 15.0. The zero-order valence-corrected chi connectivity index (χ0v) is 9.36. The number of rotatable bonds is 8. The second-order valence-corrected chi connectivity index (χ2v) is 4.76. The van der Waals surface area contributed by atoms with E-state index >= 15 is 0 Å². The fraction of sp³-hybridized carbons (Fsp3) is 1.00. The molecule has 13 heavy (non-hydrogen) atoms. The summed E-state index contributed by atoms with van der Waals surface area (Å²) in [4.78, 5) is 0. The van der Waals surface area contributed by atoms with Crippen molar-refractivity contribution >= 4 is 0 Å². The van der Waals surface area contributed by atoms with Gasteiger partial charge in [0.25, 0.3) is 0 Å². The zero-order chi connectivity index (χ0) is 9.57. The third-order valence-electron chi connectivity index (χ3n) is 3.08. The SMILES string of the molecule is CCCCCCCCNC1(C)CC1. The van der Waals surface area contributed by atoms with Gasteiger partial charge in [0.05, 0.1) is 0 Å². The summed E-state index contributed by atoms with van der Waals surface area (Å²) in [5, 5.41) is 3.62. The Morgan fingerprint density at radius 3 is 2.23 bits per heavy atom. The minimum atomic E-state index is 0.545. The summed E-state index contributed by atoms with van der Waals surface area (Å²) in [5.41, 5.74) is 0.545. The number of unbranched alkanes of at least 4 members (excludes halogenated alkanes) is 5. The first-order chi connectivity index (χ1) is 6.27. The Hall–Kier alpha value is -0.0400. The molecule has 78 valence electrons. The third kappa shape index (κ3) is 5.30. The molecule has 0 atom stereocenters. The second kappa shape index (κ2) is 5.64. The normalized spacial score (nSPS) is 18.9. The van der Waals surface area contributed by atoms with E-state index in [1.807, 2.05) is 0 Å². The lowest BCUT2D eigenvalue weighted by atomic mass is 10.1. The molecule has 0 radical (unpaired) electrons. The maximum Gasteiger partial charge on any atom is 0.0154 e. The molecule has 0 saturated heterocycles. The number of hydrogen-bond donors (Lipinski definition) is 1. The average molecular weight is 183 g/mol. The summed E-state index contributed by atoms with van der Waals surface area (Å²) in [6.45, 7) is 5.85. The van der Waals surface area contributed by atoms with Crippen molar-refractivity contribution in [1.29, 1.82) is 0 Å². The van der Waals surface area contributed by atoms with Crippen molar-refractivity contribution in [3.63, 3.8) is 0 Å². The van der Waals surface area contributed by atoms with Crippen LogP contribution in [0.4, 0.5) is 0 Å². The molecule has 0 aromatic rings. The molecule has 1 saturated carbocycles. The molecule has 1 fully saturated rings. The van der Waals surface area contributed by atoms with Gasteiger partial charge >= 0.3 is 0 Å². The van der Waals surface area contributed by atoms with Gasteiger partial charge in [-0.05, 0) is 32.7 Å². The average Bonchev–Trinajstić information content (AvgIpc) is 2.83. The first kappa shape index (κ1) is 11.0. The van der Waals surface area contributed by atoms with Gasteiger partial charge in [0.1, 0.15) is 0 Å². The van der Waals surface area contributed by atoms with Crippen LogP contribution in [0.3, 0.4) is 0 Å². The molecule has 1 heteroatoms. The summed E-state index contributed by atoms with van der Waals surface area (Å²) in [6, 6.07) is 0. The Labute approximate surface area is 83.3 Å². The van der Waals surface area contributed by atoms with Gasteiger partial charge in [-0.25, -0.2) is 0 Å². The molecule has 0 amide bonds. The Bertz CT molecular complexity index is 127. The van der Waals surface area contributed by atoms with E-state index in [0.29, 0.717) is 5.54 Å². The quantitative estimate of drug-likeness (QED) is 0.568. The van der Waals surface area contributed by atoms with E-state index in [1.165, 1.54) is 57.9 Å². The van der Waals surface area contributed by atoms with Crippen LogP contribution in [0, 0.1) is 0 Å². The van der Waals surface area contributed by atoms with Crippen molar-refractivity contribution in [2.24, 2.45) is 0 Å². The summed E-state index contributed by atoms with van der Waals surface area (Å²) in [5.74, 6) is 0. The van der Waals surface area contributed by atoms with Crippen LogP contribution >= 0.6 is 0 Å². The van der Waals surface area contributed by atoms with Crippen molar-refractivity contribution in [1.82, 2.24) is 5.32 Å². The molecule has 1 aliphatic carbocycles. The first-order valence-electron chi connectivity index (χ1n) is 6.02. The molecule has 0 aliphatic heterocycles. The maximum atomic E-state index is 3.62. The van der Waals surface area contributed by atoms with Crippen molar-refractivity contribution in [3.05, 3.63) is 0 Å². The summed E-state index contributed by atoms with van der Waals surface area (Å²) >= 11 is 0. The second-order valence-electron chi connectivity index (χ2n) is 4.76.